The van der Waals surface area contributed by atoms with Crippen LogP contribution in [0.2, 0.25) is 0 Å². The van der Waals surface area contributed by atoms with E-state index in [1.54, 1.807) is 0 Å². The molecule has 1 amide bonds. The number of nitrogens with zero attached hydrogens (tertiary/aromatic N) is 2. The van der Waals surface area contributed by atoms with Crippen LogP contribution in [-0.2, 0) is 4.79 Å². The molecule has 1 heterocycles. The Morgan fingerprint density at radius 3 is 2.77 bits per heavy atom. The van der Waals surface area contributed by atoms with E-state index >= 15 is 0 Å². The lowest BCUT2D eigenvalue weighted by Gasteiger charge is -2.23. The standard InChI is InChI=1S/C10H14N2O/c1-7(9-2-3-9)12-6-8(5-11)4-10(12)13/h7-9H,2-4,6H2,1H3. The molecule has 2 unspecified atom stereocenters. The largest absolute Gasteiger partial charge is 0.338 e. The number of nitriles is 1. The first-order chi connectivity index (χ1) is 6.22. The van der Waals surface area contributed by atoms with Gasteiger partial charge in [0.05, 0.1) is 12.0 Å². The summed E-state index contributed by atoms with van der Waals surface area (Å²) in [6.45, 7) is 2.77. The number of amides is 1. The highest BCUT2D eigenvalue weighted by molar-refractivity contribution is 5.79. The van der Waals surface area contributed by atoms with Gasteiger partial charge in [-0.2, -0.15) is 5.26 Å². The van der Waals surface area contributed by atoms with Gasteiger partial charge in [-0.05, 0) is 25.7 Å². The minimum Gasteiger partial charge on any atom is -0.338 e. The van der Waals surface area contributed by atoms with E-state index in [0.717, 1.165) is 0 Å². The van der Waals surface area contributed by atoms with Crippen LogP contribution in [0.4, 0.5) is 0 Å². The van der Waals surface area contributed by atoms with Crippen molar-refractivity contribution in [3.05, 3.63) is 0 Å². The summed E-state index contributed by atoms with van der Waals surface area (Å²) in [7, 11) is 0. The molecule has 2 atom stereocenters. The molecule has 1 saturated carbocycles. The number of hydrogen-bond acceptors (Lipinski definition) is 2. The lowest BCUT2D eigenvalue weighted by atomic mass is 10.1. The molecule has 2 fully saturated rings. The van der Waals surface area contributed by atoms with E-state index in [1.165, 1.54) is 12.8 Å². The summed E-state index contributed by atoms with van der Waals surface area (Å²) in [6.07, 6.45) is 2.94. The van der Waals surface area contributed by atoms with Crippen LogP contribution in [0, 0.1) is 23.2 Å². The molecular formula is C10H14N2O. The zero-order valence-corrected chi connectivity index (χ0v) is 7.86. The van der Waals surface area contributed by atoms with E-state index in [0.29, 0.717) is 24.9 Å². The highest BCUT2D eigenvalue weighted by Crippen LogP contribution is 2.37. The Balaban J connectivity index is 2.00. The predicted octanol–water partition coefficient (Wildman–Crippen LogP) is 1.16. The zero-order chi connectivity index (χ0) is 9.42. The van der Waals surface area contributed by atoms with Crippen molar-refractivity contribution in [2.45, 2.75) is 32.2 Å². The van der Waals surface area contributed by atoms with Gasteiger partial charge in [0.2, 0.25) is 5.91 Å². The number of hydrogen-bond donors (Lipinski definition) is 0. The van der Waals surface area contributed by atoms with Crippen molar-refractivity contribution in [1.29, 1.82) is 5.26 Å². The molecule has 0 aromatic heterocycles. The van der Waals surface area contributed by atoms with E-state index in [4.69, 9.17) is 5.26 Å². The van der Waals surface area contributed by atoms with Crippen molar-refractivity contribution in [2.24, 2.45) is 11.8 Å². The van der Waals surface area contributed by atoms with E-state index in [1.807, 2.05) is 4.90 Å². The maximum absolute atomic E-state index is 11.5. The Bertz CT molecular complexity index is 265. The fourth-order valence-corrected chi connectivity index (χ4v) is 2.04. The van der Waals surface area contributed by atoms with E-state index in [2.05, 4.69) is 13.0 Å². The Labute approximate surface area is 78.3 Å². The van der Waals surface area contributed by atoms with Gasteiger partial charge in [-0.25, -0.2) is 0 Å². The predicted molar refractivity (Wildman–Crippen MR) is 47.6 cm³/mol. The second-order valence-electron chi connectivity index (χ2n) is 4.15. The number of carbonyl (C=O) groups excluding carboxylic acids is 1. The summed E-state index contributed by atoms with van der Waals surface area (Å²) in [6, 6.07) is 2.54. The monoisotopic (exact) mass is 178 g/mol. The Morgan fingerprint density at radius 1 is 1.62 bits per heavy atom. The van der Waals surface area contributed by atoms with Crippen LogP contribution >= 0.6 is 0 Å². The lowest BCUT2D eigenvalue weighted by molar-refractivity contribution is -0.129. The molecule has 1 aliphatic heterocycles. The minimum absolute atomic E-state index is 0.0614. The quantitative estimate of drug-likeness (QED) is 0.636. The van der Waals surface area contributed by atoms with Crippen LogP contribution in [0.1, 0.15) is 26.2 Å². The van der Waals surface area contributed by atoms with Gasteiger partial charge in [0.25, 0.3) is 0 Å². The third-order valence-electron chi connectivity index (χ3n) is 3.14. The van der Waals surface area contributed by atoms with Gasteiger partial charge in [-0.3, -0.25) is 4.79 Å². The van der Waals surface area contributed by atoms with Gasteiger partial charge in [0, 0.05) is 19.0 Å². The molecule has 0 aromatic carbocycles. The maximum atomic E-state index is 11.5. The van der Waals surface area contributed by atoms with Gasteiger partial charge < -0.3 is 4.90 Å². The number of rotatable bonds is 2. The van der Waals surface area contributed by atoms with Crippen molar-refractivity contribution in [1.82, 2.24) is 4.90 Å². The average molecular weight is 178 g/mol. The van der Waals surface area contributed by atoms with E-state index < -0.39 is 0 Å². The van der Waals surface area contributed by atoms with E-state index in [9.17, 15) is 4.79 Å². The van der Waals surface area contributed by atoms with Crippen LogP contribution in [0.25, 0.3) is 0 Å². The van der Waals surface area contributed by atoms with Crippen molar-refractivity contribution in [3.63, 3.8) is 0 Å². The van der Waals surface area contributed by atoms with Gasteiger partial charge in [0.1, 0.15) is 0 Å². The summed E-state index contributed by atoms with van der Waals surface area (Å²) >= 11 is 0. The van der Waals surface area contributed by atoms with Gasteiger partial charge in [-0.15, -0.1) is 0 Å². The summed E-state index contributed by atoms with van der Waals surface area (Å²) < 4.78 is 0. The molecule has 1 aliphatic carbocycles. The molecule has 13 heavy (non-hydrogen) atoms. The molecule has 0 radical (unpaired) electrons. The third kappa shape index (κ3) is 1.53. The maximum Gasteiger partial charge on any atom is 0.224 e. The molecule has 3 heteroatoms. The smallest absolute Gasteiger partial charge is 0.224 e. The first kappa shape index (κ1) is 8.55. The molecule has 0 spiro atoms. The molecular weight excluding hydrogens is 164 g/mol. The summed E-state index contributed by atoms with van der Waals surface area (Å²) in [5, 5.41) is 8.71. The van der Waals surface area contributed by atoms with Crippen LogP contribution < -0.4 is 0 Å². The van der Waals surface area contributed by atoms with Gasteiger partial charge in [0.15, 0.2) is 0 Å². The third-order valence-corrected chi connectivity index (χ3v) is 3.14. The Hall–Kier alpha value is -1.04. The van der Waals surface area contributed by atoms with Gasteiger partial charge >= 0.3 is 0 Å². The SMILES string of the molecule is CC(C1CC1)N1CC(C#N)CC1=O. The van der Waals surface area contributed by atoms with Crippen LogP contribution in [-0.4, -0.2) is 23.4 Å². The van der Waals surface area contributed by atoms with Crippen molar-refractivity contribution >= 4 is 5.91 Å². The second kappa shape index (κ2) is 3.02. The highest BCUT2D eigenvalue weighted by Gasteiger charge is 2.39. The van der Waals surface area contributed by atoms with E-state index in [-0.39, 0.29) is 11.8 Å². The highest BCUT2D eigenvalue weighted by atomic mass is 16.2. The molecule has 70 valence electrons. The molecule has 2 rings (SSSR count). The molecule has 0 aromatic rings. The van der Waals surface area contributed by atoms with Crippen LogP contribution in [0.3, 0.4) is 0 Å². The molecule has 0 bridgehead atoms. The lowest BCUT2D eigenvalue weighted by Crippen LogP contribution is -2.35. The summed E-state index contributed by atoms with van der Waals surface area (Å²) in [5.41, 5.74) is 0. The number of carbonyl (C=O) groups is 1. The van der Waals surface area contributed by atoms with Crippen LogP contribution in [0.15, 0.2) is 0 Å². The average Bonchev–Trinajstić information content (AvgIpc) is 2.89. The molecule has 3 nitrogen and oxygen atoms in total. The zero-order valence-electron chi connectivity index (χ0n) is 7.86. The fraction of sp³-hybridized carbons (Fsp3) is 0.800. The van der Waals surface area contributed by atoms with Crippen LogP contribution in [0.5, 0.6) is 0 Å². The fourth-order valence-electron chi connectivity index (χ4n) is 2.04. The van der Waals surface area contributed by atoms with Crippen molar-refractivity contribution in [2.75, 3.05) is 6.54 Å². The Morgan fingerprint density at radius 2 is 2.31 bits per heavy atom. The topological polar surface area (TPSA) is 44.1 Å². The summed E-state index contributed by atoms with van der Waals surface area (Å²) in [4.78, 5) is 13.4. The molecule has 1 saturated heterocycles. The number of likely N-dealkylation sites (tertiary alicyclic amines) is 1. The molecule has 2 aliphatic rings. The molecule has 0 N–H and O–H groups in total. The Kier molecular flexibility index (Phi) is 1.99. The first-order valence-electron chi connectivity index (χ1n) is 4.91. The first-order valence-corrected chi connectivity index (χ1v) is 4.91. The summed E-state index contributed by atoms with van der Waals surface area (Å²) in [5.74, 6) is 0.820. The second-order valence-corrected chi connectivity index (χ2v) is 4.15. The van der Waals surface area contributed by atoms with Gasteiger partial charge in [-0.1, -0.05) is 0 Å². The normalized spacial score (nSPS) is 30.3. The van der Waals surface area contributed by atoms with Crippen molar-refractivity contribution in [3.8, 4) is 6.07 Å². The minimum atomic E-state index is -0.0614. The van der Waals surface area contributed by atoms with Crippen molar-refractivity contribution < 1.29 is 4.79 Å².